The zero-order valence-corrected chi connectivity index (χ0v) is 15.3. The number of urea groups is 1. The maximum atomic E-state index is 12.2. The average molecular weight is 380 g/mol. The maximum Gasteiger partial charge on any atom is 0.319 e. The van der Waals surface area contributed by atoms with Gasteiger partial charge in [-0.15, -0.1) is 0 Å². The minimum atomic E-state index is -0.348. The summed E-state index contributed by atoms with van der Waals surface area (Å²) in [5, 5.41) is 6.25. The third-order valence-electron chi connectivity index (χ3n) is 3.52. The molecule has 0 heterocycles. The number of halogens is 2. The van der Waals surface area contributed by atoms with Gasteiger partial charge in [-0.3, -0.25) is 4.79 Å². The number of hydrogen-bond acceptors (Lipinski definition) is 2. The Morgan fingerprint density at radius 1 is 1.04 bits per heavy atom. The quantitative estimate of drug-likeness (QED) is 0.791. The largest absolute Gasteiger partial charge is 0.341 e. The number of carbonyl (C=O) groups excluding carboxylic acids is 2. The Hall–Kier alpha value is -2.24. The highest BCUT2D eigenvalue weighted by Crippen LogP contribution is 2.26. The van der Waals surface area contributed by atoms with Gasteiger partial charge in [0.2, 0.25) is 5.91 Å². The first-order chi connectivity index (χ1) is 12.0. The number of hydrogen-bond donors (Lipinski definition) is 2. The second kappa shape index (κ2) is 9.30. The van der Waals surface area contributed by atoms with Gasteiger partial charge in [0.15, 0.2) is 0 Å². The molecular weight excluding hydrogens is 361 g/mol. The molecule has 0 spiro atoms. The number of anilines is 1. The van der Waals surface area contributed by atoms with E-state index >= 15 is 0 Å². The van der Waals surface area contributed by atoms with Crippen LogP contribution < -0.4 is 10.6 Å². The van der Waals surface area contributed by atoms with Gasteiger partial charge in [0.25, 0.3) is 0 Å². The zero-order chi connectivity index (χ0) is 18.2. The van der Waals surface area contributed by atoms with E-state index in [4.69, 9.17) is 23.2 Å². The van der Waals surface area contributed by atoms with Crippen molar-refractivity contribution in [2.24, 2.45) is 0 Å². The third kappa shape index (κ3) is 5.96. The zero-order valence-electron chi connectivity index (χ0n) is 13.8. The first-order valence-corrected chi connectivity index (χ1v) is 8.49. The van der Waals surface area contributed by atoms with Gasteiger partial charge in [-0.05, 0) is 23.8 Å². The Labute approximate surface area is 156 Å². The van der Waals surface area contributed by atoms with Gasteiger partial charge in [-0.1, -0.05) is 53.5 Å². The highest BCUT2D eigenvalue weighted by Gasteiger charge is 2.12. The van der Waals surface area contributed by atoms with Crippen molar-refractivity contribution in [3.63, 3.8) is 0 Å². The molecule has 0 atom stereocenters. The van der Waals surface area contributed by atoms with Gasteiger partial charge in [-0.2, -0.15) is 0 Å². The maximum absolute atomic E-state index is 12.2. The molecule has 0 aliphatic carbocycles. The van der Waals surface area contributed by atoms with Crippen LogP contribution in [0.25, 0.3) is 0 Å². The standard InChI is InChI=1S/C18H19Cl2N3O2/c1-23(12-13-6-5-9-15(19)17(13)20)16(24)10-11-21-18(25)22-14-7-3-2-4-8-14/h2-9H,10-12H2,1H3,(H2,21,22,25). The van der Waals surface area contributed by atoms with E-state index in [1.165, 1.54) is 0 Å². The number of nitrogens with zero attached hydrogens (tertiary/aromatic N) is 1. The first-order valence-electron chi connectivity index (χ1n) is 7.74. The van der Waals surface area contributed by atoms with E-state index in [1.807, 2.05) is 24.3 Å². The SMILES string of the molecule is CN(Cc1cccc(Cl)c1Cl)C(=O)CCNC(=O)Nc1ccccc1. The van der Waals surface area contributed by atoms with E-state index in [0.29, 0.717) is 22.3 Å². The topological polar surface area (TPSA) is 61.4 Å². The van der Waals surface area contributed by atoms with E-state index in [9.17, 15) is 9.59 Å². The highest BCUT2D eigenvalue weighted by atomic mass is 35.5. The number of amides is 3. The van der Waals surface area contributed by atoms with E-state index in [0.717, 1.165) is 5.56 Å². The lowest BCUT2D eigenvalue weighted by atomic mass is 10.2. The van der Waals surface area contributed by atoms with E-state index < -0.39 is 0 Å². The molecule has 0 bridgehead atoms. The predicted octanol–water partition coefficient (Wildman–Crippen LogP) is 4.16. The fourth-order valence-corrected chi connectivity index (χ4v) is 2.56. The second-order valence-corrected chi connectivity index (χ2v) is 6.24. The Bertz CT molecular complexity index is 738. The summed E-state index contributed by atoms with van der Waals surface area (Å²) >= 11 is 12.1. The Morgan fingerprint density at radius 2 is 1.76 bits per heavy atom. The Morgan fingerprint density at radius 3 is 2.48 bits per heavy atom. The van der Waals surface area contributed by atoms with Crippen LogP contribution in [0.3, 0.4) is 0 Å². The van der Waals surface area contributed by atoms with Crippen molar-refractivity contribution < 1.29 is 9.59 Å². The van der Waals surface area contributed by atoms with E-state index in [1.54, 1.807) is 36.2 Å². The molecule has 2 N–H and O–H groups in total. The van der Waals surface area contributed by atoms with Crippen LogP contribution >= 0.6 is 23.2 Å². The van der Waals surface area contributed by atoms with Crippen molar-refractivity contribution in [1.82, 2.24) is 10.2 Å². The van der Waals surface area contributed by atoms with E-state index in [2.05, 4.69) is 10.6 Å². The molecule has 2 aromatic rings. The molecule has 0 radical (unpaired) electrons. The van der Waals surface area contributed by atoms with Crippen molar-refractivity contribution in [2.45, 2.75) is 13.0 Å². The van der Waals surface area contributed by atoms with Gasteiger partial charge >= 0.3 is 6.03 Å². The van der Waals surface area contributed by atoms with Crippen molar-refractivity contribution >= 4 is 40.8 Å². The summed E-state index contributed by atoms with van der Waals surface area (Å²) in [6.07, 6.45) is 0.191. The molecule has 0 unspecified atom stereocenters. The summed E-state index contributed by atoms with van der Waals surface area (Å²) in [6, 6.07) is 14.1. The van der Waals surface area contributed by atoms with Crippen LogP contribution in [0.1, 0.15) is 12.0 Å². The molecule has 0 saturated carbocycles. The van der Waals surface area contributed by atoms with Crippen LogP contribution in [0, 0.1) is 0 Å². The molecule has 3 amide bonds. The van der Waals surface area contributed by atoms with Crippen molar-refractivity contribution in [1.29, 1.82) is 0 Å². The minimum absolute atomic E-state index is 0.101. The summed E-state index contributed by atoms with van der Waals surface area (Å²) in [7, 11) is 1.68. The van der Waals surface area contributed by atoms with Gasteiger partial charge in [0.1, 0.15) is 0 Å². The number of rotatable bonds is 6. The lowest BCUT2D eigenvalue weighted by Gasteiger charge is -2.18. The summed E-state index contributed by atoms with van der Waals surface area (Å²) < 4.78 is 0. The Kier molecular flexibility index (Phi) is 7.10. The normalized spacial score (nSPS) is 10.2. The molecule has 0 aliphatic heterocycles. The highest BCUT2D eigenvalue weighted by molar-refractivity contribution is 6.42. The molecular formula is C18H19Cl2N3O2. The summed E-state index contributed by atoms with van der Waals surface area (Å²) in [4.78, 5) is 25.5. The monoisotopic (exact) mass is 379 g/mol. The smallest absolute Gasteiger partial charge is 0.319 e. The fraction of sp³-hybridized carbons (Fsp3) is 0.222. The van der Waals surface area contributed by atoms with Crippen LogP contribution in [0.4, 0.5) is 10.5 Å². The molecule has 5 nitrogen and oxygen atoms in total. The van der Waals surface area contributed by atoms with Gasteiger partial charge in [-0.25, -0.2) is 4.79 Å². The van der Waals surface area contributed by atoms with Gasteiger partial charge in [0, 0.05) is 32.2 Å². The summed E-state index contributed by atoms with van der Waals surface area (Å²) in [5.74, 6) is -0.101. The summed E-state index contributed by atoms with van der Waals surface area (Å²) in [5.41, 5.74) is 1.47. The van der Waals surface area contributed by atoms with Crippen LogP contribution in [0.5, 0.6) is 0 Å². The molecule has 25 heavy (non-hydrogen) atoms. The molecule has 0 fully saturated rings. The molecule has 2 rings (SSSR count). The predicted molar refractivity (Wildman–Crippen MR) is 101 cm³/mol. The molecule has 2 aromatic carbocycles. The van der Waals surface area contributed by atoms with Crippen molar-refractivity contribution in [3.05, 3.63) is 64.1 Å². The van der Waals surface area contributed by atoms with Crippen molar-refractivity contribution in [2.75, 3.05) is 18.9 Å². The number of carbonyl (C=O) groups is 2. The van der Waals surface area contributed by atoms with Crippen LogP contribution in [0.2, 0.25) is 10.0 Å². The molecule has 132 valence electrons. The Balaban J connectivity index is 1.76. The molecule has 0 aliphatic rings. The number of para-hydroxylation sites is 1. The van der Waals surface area contributed by atoms with E-state index in [-0.39, 0.29) is 24.9 Å². The minimum Gasteiger partial charge on any atom is -0.341 e. The van der Waals surface area contributed by atoms with Crippen LogP contribution in [-0.2, 0) is 11.3 Å². The molecule has 0 saturated heterocycles. The molecule has 7 heteroatoms. The number of nitrogens with one attached hydrogen (secondary N) is 2. The lowest BCUT2D eigenvalue weighted by molar-refractivity contribution is -0.130. The summed E-state index contributed by atoms with van der Waals surface area (Å²) in [6.45, 7) is 0.597. The van der Waals surface area contributed by atoms with Crippen LogP contribution in [-0.4, -0.2) is 30.4 Å². The van der Waals surface area contributed by atoms with Crippen molar-refractivity contribution in [3.8, 4) is 0 Å². The second-order valence-electron chi connectivity index (χ2n) is 5.46. The lowest BCUT2D eigenvalue weighted by Crippen LogP contribution is -2.34. The first kappa shape index (κ1) is 19.1. The molecule has 0 aromatic heterocycles. The number of benzene rings is 2. The van der Waals surface area contributed by atoms with Gasteiger partial charge < -0.3 is 15.5 Å². The fourth-order valence-electron chi connectivity index (χ4n) is 2.18. The van der Waals surface area contributed by atoms with Gasteiger partial charge in [0.05, 0.1) is 10.0 Å². The van der Waals surface area contributed by atoms with Crippen LogP contribution in [0.15, 0.2) is 48.5 Å². The third-order valence-corrected chi connectivity index (χ3v) is 4.38. The average Bonchev–Trinajstić information content (AvgIpc) is 2.59.